The first-order valence-electron chi connectivity index (χ1n) is 6.01. The highest BCUT2D eigenvalue weighted by Crippen LogP contribution is 2.32. The van der Waals surface area contributed by atoms with Gasteiger partial charge in [0, 0.05) is 16.6 Å². The Morgan fingerprint density at radius 2 is 1.83 bits per heavy atom. The molecule has 2 nitrogen and oxygen atoms in total. The summed E-state index contributed by atoms with van der Waals surface area (Å²) in [6.07, 6.45) is 0. The monoisotopic (exact) mass is 237 g/mol. The van der Waals surface area contributed by atoms with Crippen molar-refractivity contribution in [3.05, 3.63) is 53.6 Å². The van der Waals surface area contributed by atoms with Gasteiger partial charge in [0.05, 0.1) is 0 Å². The molecule has 0 spiro atoms. The fraction of sp³-hybridized carbons (Fsp3) is 0.125. The van der Waals surface area contributed by atoms with Crippen LogP contribution in [-0.2, 0) is 0 Å². The van der Waals surface area contributed by atoms with E-state index in [4.69, 9.17) is 10.2 Å². The average Bonchev–Trinajstić information content (AvgIpc) is 2.75. The van der Waals surface area contributed by atoms with Crippen LogP contribution in [0.2, 0.25) is 0 Å². The second-order valence-electron chi connectivity index (χ2n) is 4.67. The maximum absolute atomic E-state index is 5.93. The summed E-state index contributed by atoms with van der Waals surface area (Å²) in [5, 5.41) is 1.13. The Kier molecular flexibility index (Phi) is 2.37. The zero-order valence-corrected chi connectivity index (χ0v) is 10.5. The second-order valence-corrected chi connectivity index (χ2v) is 4.67. The normalized spacial score (nSPS) is 11.0. The first-order valence-corrected chi connectivity index (χ1v) is 6.01. The summed E-state index contributed by atoms with van der Waals surface area (Å²) < 4.78 is 5.89. The predicted octanol–water partition coefficient (Wildman–Crippen LogP) is 4.30. The van der Waals surface area contributed by atoms with E-state index in [0.717, 1.165) is 33.5 Å². The molecule has 1 aromatic heterocycles. The molecular formula is C16H15NO. The second kappa shape index (κ2) is 3.91. The van der Waals surface area contributed by atoms with Crippen molar-refractivity contribution in [3.63, 3.8) is 0 Å². The molecule has 90 valence electrons. The highest BCUT2D eigenvalue weighted by molar-refractivity contribution is 5.84. The molecule has 0 atom stereocenters. The van der Waals surface area contributed by atoms with Gasteiger partial charge in [-0.3, -0.25) is 0 Å². The molecule has 0 bridgehead atoms. The van der Waals surface area contributed by atoms with Gasteiger partial charge in [0.25, 0.3) is 0 Å². The van der Waals surface area contributed by atoms with E-state index in [9.17, 15) is 0 Å². The lowest BCUT2D eigenvalue weighted by Gasteiger charge is -2.04. The van der Waals surface area contributed by atoms with Crippen LogP contribution >= 0.6 is 0 Å². The molecule has 0 fully saturated rings. The third kappa shape index (κ3) is 1.66. The van der Waals surface area contributed by atoms with Crippen molar-refractivity contribution in [1.29, 1.82) is 0 Å². The van der Waals surface area contributed by atoms with Gasteiger partial charge in [-0.05, 0) is 43.7 Å². The summed E-state index contributed by atoms with van der Waals surface area (Å²) >= 11 is 0. The molecule has 1 heterocycles. The van der Waals surface area contributed by atoms with Crippen molar-refractivity contribution >= 4 is 16.7 Å². The number of hydrogen-bond acceptors (Lipinski definition) is 2. The third-order valence-electron chi connectivity index (χ3n) is 3.31. The summed E-state index contributed by atoms with van der Waals surface area (Å²) in [5.74, 6) is 0.875. The molecule has 0 aliphatic rings. The summed E-state index contributed by atoms with van der Waals surface area (Å²) in [5.41, 5.74) is 11.0. The van der Waals surface area contributed by atoms with Gasteiger partial charge < -0.3 is 10.2 Å². The topological polar surface area (TPSA) is 39.2 Å². The maximum atomic E-state index is 5.93. The minimum Gasteiger partial charge on any atom is -0.456 e. The number of hydrogen-bond donors (Lipinski definition) is 1. The Morgan fingerprint density at radius 3 is 2.67 bits per heavy atom. The molecule has 2 N–H and O–H groups in total. The fourth-order valence-electron chi connectivity index (χ4n) is 2.22. The van der Waals surface area contributed by atoms with E-state index in [1.165, 1.54) is 5.56 Å². The van der Waals surface area contributed by atoms with Crippen molar-refractivity contribution in [2.75, 3.05) is 5.73 Å². The molecule has 0 amide bonds. The van der Waals surface area contributed by atoms with Gasteiger partial charge >= 0.3 is 0 Å². The lowest BCUT2D eigenvalue weighted by molar-refractivity contribution is 0.631. The first kappa shape index (κ1) is 10.9. The van der Waals surface area contributed by atoms with E-state index >= 15 is 0 Å². The number of rotatable bonds is 1. The van der Waals surface area contributed by atoms with Crippen LogP contribution in [-0.4, -0.2) is 0 Å². The summed E-state index contributed by atoms with van der Waals surface area (Å²) in [7, 11) is 0. The minimum absolute atomic E-state index is 0.795. The maximum Gasteiger partial charge on any atom is 0.135 e. The number of benzene rings is 2. The van der Waals surface area contributed by atoms with Crippen LogP contribution in [0.3, 0.4) is 0 Å². The van der Waals surface area contributed by atoms with Gasteiger partial charge in [0.2, 0.25) is 0 Å². The Hall–Kier alpha value is -2.22. The molecule has 0 unspecified atom stereocenters. The van der Waals surface area contributed by atoms with E-state index in [2.05, 4.69) is 25.1 Å². The minimum atomic E-state index is 0.795. The van der Waals surface area contributed by atoms with Crippen molar-refractivity contribution in [1.82, 2.24) is 0 Å². The molecular weight excluding hydrogens is 222 g/mol. The molecule has 0 aliphatic heterocycles. The van der Waals surface area contributed by atoms with Crippen molar-refractivity contribution < 1.29 is 4.42 Å². The number of furan rings is 1. The third-order valence-corrected chi connectivity index (χ3v) is 3.31. The van der Waals surface area contributed by atoms with E-state index in [0.29, 0.717) is 0 Å². The number of aryl methyl sites for hydroxylation is 1. The predicted molar refractivity (Wildman–Crippen MR) is 75.5 cm³/mol. The standard InChI is InChI=1S/C16H15NO/c1-10-6-7-15-12(8-10)9-16(18-15)13-4-3-5-14(17)11(13)2/h3-9H,17H2,1-2H3. The first-order chi connectivity index (χ1) is 8.65. The number of fused-ring (bicyclic) bond motifs is 1. The number of nitrogen functional groups attached to an aromatic ring is 1. The highest BCUT2D eigenvalue weighted by Gasteiger charge is 2.09. The molecule has 3 aromatic rings. The largest absolute Gasteiger partial charge is 0.456 e. The molecule has 0 radical (unpaired) electrons. The zero-order valence-electron chi connectivity index (χ0n) is 10.5. The lowest BCUT2D eigenvalue weighted by atomic mass is 10.0. The molecule has 18 heavy (non-hydrogen) atoms. The van der Waals surface area contributed by atoms with Gasteiger partial charge in [-0.2, -0.15) is 0 Å². The van der Waals surface area contributed by atoms with Crippen LogP contribution in [0.5, 0.6) is 0 Å². The summed E-state index contributed by atoms with van der Waals surface area (Å²) in [6, 6.07) is 14.2. The van der Waals surface area contributed by atoms with E-state index in [1.54, 1.807) is 0 Å². The summed E-state index contributed by atoms with van der Waals surface area (Å²) in [6.45, 7) is 4.10. The van der Waals surface area contributed by atoms with Crippen LogP contribution in [0.25, 0.3) is 22.3 Å². The van der Waals surface area contributed by atoms with Gasteiger partial charge in [0.1, 0.15) is 11.3 Å². The van der Waals surface area contributed by atoms with Crippen LogP contribution in [0, 0.1) is 13.8 Å². The molecule has 0 aliphatic carbocycles. The summed E-state index contributed by atoms with van der Waals surface area (Å²) in [4.78, 5) is 0. The molecule has 0 saturated carbocycles. The van der Waals surface area contributed by atoms with Crippen LogP contribution in [0.15, 0.2) is 46.9 Å². The van der Waals surface area contributed by atoms with Crippen LogP contribution in [0.1, 0.15) is 11.1 Å². The highest BCUT2D eigenvalue weighted by atomic mass is 16.3. The van der Waals surface area contributed by atoms with Crippen LogP contribution < -0.4 is 5.73 Å². The van der Waals surface area contributed by atoms with Crippen molar-refractivity contribution in [2.45, 2.75) is 13.8 Å². The van der Waals surface area contributed by atoms with Gasteiger partial charge in [-0.1, -0.05) is 23.8 Å². The Balaban J connectivity index is 2.22. The number of nitrogens with two attached hydrogens (primary N) is 1. The van der Waals surface area contributed by atoms with Gasteiger partial charge in [-0.25, -0.2) is 0 Å². The Labute approximate surface area is 106 Å². The molecule has 2 heteroatoms. The van der Waals surface area contributed by atoms with Crippen molar-refractivity contribution in [2.24, 2.45) is 0 Å². The average molecular weight is 237 g/mol. The number of anilines is 1. The Morgan fingerprint density at radius 1 is 1.00 bits per heavy atom. The SMILES string of the molecule is Cc1ccc2oc(-c3cccc(N)c3C)cc2c1. The molecule has 0 saturated heterocycles. The zero-order chi connectivity index (χ0) is 12.7. The smallest absolute Gasteiger partial charge is 0.135 e. The van der Waals surface area contributed by atoms with E-state index < -0.39 is 0 Å². The fourth-order valence-corrected chi connectivity index (χ4v) is 2.22. The van der Waals surface area contributed by atoms with Gasteiger partial charge in [0.15, 0.2) is 0 Å². The van der Waals surface area contributed by atoms with Crippen LogP contribution in [0.4, 0.5) is 5.69 Å². The quantitative estimate of drug-likeness (QED) is 0.641. The lowest BCUT2D eigenvalue weighted by Crippen LogP contribution is -1.90. The molecule has 3 rings (SSSR count). The van der Waals surface area contributed by atoms with E-state index in [1.807, 2.05) is 31.2 Å². The van der Waals surface area contributed by atoms with Gasteiger partial charge in [-0.15, -0.1) is 0 Å². The Bertz CT molecular complexity index is 725. The van der Waals surface area contributed by atoms with Crippen molar-refractivity contribution in [3.8, 4) is 11.3 Å². The molecule has 2 aromatic carbocycles. The van der Waals surface area contributed by atoms with E-state index in [-0.39, 0.29) is 0 Å².